The first-order valence-corrected chi connectivity index (χ1v) is 10.7. The van der Waals surface area contributed by atoms with Gasteiger partial charge in [-0.1, -0.05) is 12.1 Å². The molecule has 0 radical (unpaired) electrons. The Morgan fingerprint density at radius 1 is 0.914 bits per heavy atom. The molecule has 0 bridgehead atoms. The Morgan fingerprint density at radius 3 is 2.49 bits per heavy atom. The summed E-state index contributed by atoms with van der Waals surface area (Å²) >= 11 is 0. The fraction of sp³-hybridized carbons (Fsp3) is 0.120. The highest BCUT2D eigenvalue weighted by Gasteiger charge is 2.15. The molecule has 4 aromatic rings. The summed E-state index contributed by atoms with van der Waals surface area (Å²) in [6, 6.07) is 17.7. The Bertz CT molecular complexity index is 1320. The van der Waals surface area contributed by atoms with Gasteiger partial charge in [0.05, 0.1) is 37.4 Å². The number of carbonyl (C=O) groups is 2. The average Bonchev–Trinajstić information content (AvgIpc) is 3.31. The molecule has 0 spiro atoms. The molecule has 2 aromatic heterocycles. The van der Waals surface area contributed by atoms with Crippen LogP contribution in [-0.2, 0) is 11.3 Å². The number of methoxy groups -OCH3 is 2. The molecule has 0 unspecified atom stereocenters. The average molecular weight is 473 g/mol. The lowest BCUT2D eigenvalue weighted by molar-refractivity contribution is -0.116. The van der Waals surface area contributed by atoms with Crippen LogP contribution in [0.3, 0.4) is 0 Å². The van der Waals surface area contributed by atoms with Crippen LogP contribution in [0.25, 0.3) is 0 Å². The molecule has 2 amide bonds. The highest BCUT2D eigenvalue weighted by atomic mass is 16.5. The summed E-state index contributed by atoms with van der Waals surface area (Å²) in [5.41, 5.74) is 2.10. The fourth-order valence-corrected chi connectivity index (χ4v) is 3.30. The molecular formula is C25H24N6O4. The van der Waals surface area contributed by atoms with Gasteiger partial charge in [-0.05, 0) is 48.5 Å². The van der Waals surface area contributed by atoms with Gasteiger partial charge in [-0.25, -0.2) is 4.98 Å². The summed E-state index contributed by atoms with van der Waals surface area (Å²) in [5, 5.41) is 12.9. The van der Waals surface area contributed by atoms with Crippen LogP contribution in [0.5, 0.6) is 11.5 Å². The second-order valence-electron chi connectivity index (χ2n) is 7.38. The van der Waals surface area contributed by atoms with Crippen LogP contribution >= 0.6 is 0 Å². The minimum absolute atomic E-state index is 0.0185. The number of carbonyl (C=O) groups excluding carboxylic acids is 2. The van der Waals surface area contributed by atoms with Gasteiger partial charge in [-0.15, -0.1) is 0 Å². The number of nitrogens with zero attached hydrogens (tertiary/aromatic N) is 3. The molecule has 0 aliphatic rings. The molecule has 35 heavy (non-hydrogen) atoms. The molecule has 3 N–H and O–H groups in total. The maximum Gasteiger partial charge on any atom is 0.259 e. The van der Waals surface area contributed by atoms with E-state index >= 15 is 0 Å². The number of hydrogen-bond acceptors (Lipinski definition) is 7. The van der Waals surface area contributed by atoms with Gasteiger partial charge in [0.1, 0.15) is 23.9 Å². The van der Waals surface area contributed by atoms with Gasteiger partial charge in [0.15, 0.2) is 0 Å². The number of anilines is 4. The normalized spacial score (nSPS) is 10.3. The van der Waals surface area contributed by atoms with E-state index < -0.39 is 0 Å². The highest BCUT2D eigenvalue weighted by molar-refractivity contribution is 6.07. The number of hydrogen-bond donors (Lipinski definition) is 3. The minimum Gasteiger partial charge on any atom is -0.497 e. The van der Waals surface area contributed by atoms with Gasteiger partial charge in [0.2, 0.25) is 5.91 Å². The molecule has 0 aliphatic carbocycles. The third-order valence-electron chi connectivity index (χ3n) is 4.98. The van der Waals surface area contributed by atoms with E-state index in [1.165, 1.54) is 10.9 Å². The summed E-state index contributed by atoms with van der Waals surface area (Å²) in [6.07, 6.45) is 4.64. The van der Waals surface area contributed by atoms with E-state index in [0.29, 0.717) is 39.9 Å². The molecule has 178 valence electrons. The number of nitrogens with one attached hydrogen (secondary N) is 3. The molecule has 0 saturated carbocycles. The zero-order valence-electron chi connectivity index (χ0n) is 19.2. The molecule has 2 heterocycles. The number of benzene rings is 2. The van der Waals surface area contributed by atoms with Crippen LogP contribution in [0.15, 0.2) is 79.3 Å². The van der Waals surface area contributed by atoms with Crippen LogP contribution in [0.4, 0.5) is 22.9 Å². The fourth-order valence-electron chi connectivity index (χ4n) is 3.30. The lowest BCUT2D eigenvalue weighted by Crippen LogP contribution is -2.19. The number of aromatic nitrogens is 3. The van der Waals surface area contributed by atoms with E-state index in [4.69, 9.17) is 9.47 Å². The predicted octanol–water partition coefficient (Wildman–Crippen LogP) is 3.93. The smallest absolute Gasteiger partial charge is 0.259 e. The van der Waals surface area contributed by atoms with Gasteiger partial charge >= 0.3 is 0 Å². The van der Waals surface area contributed by atoms with Crippen molar-refractivity contribution in [2.24, 2.45) is 0 Å². The lowest BCUT2D eigenvalue weighted by atomic mass is 10.2. The van der Waals surface area contributed by atoms with Gasteiger partial charge in [-0.2, -0.15) is 5.10 Å². The molecule has 0 atom stereocenters. The van der Waals surface area contributed by atoms with E-state index in [1.807, 2.05) is 24.3 Å². The van der Waals surface area contributed by atoms with Crippen molar-refractivity contribution in [3.05, 3.63) is 84.8 Å². The van der Waals surface area contributed by atoms with E-state index in [2.05, 4.69) is 26.0 Å². The number of para-hydroxylation sites is 2. The van der Waals surface area contributed by atoms with Crippen LogP contribution in [-0.4, -0.2) is 40.8 Å². The van der Waals surface area contributed by atoms with Crippen molar-refractivity contribution in [3.63, 3.8) is 0 Å². The molecule has 0 fully saturated rings. The summed E-state index contributed by atoms with van der Waals surface area (Å²) in [5.74, 6) is 1.06. The predicted molar refractivity (Wildman–Crippen MR) is 132 cm³/mol. The van der Waals surface area contributed by atoms with Crippen molar-refractivity contribution in [1.82, 2.24) is 14.8 Å². The molecule has 4 rings (SSSR count). The molecule has 2 aromatic carbocycles. The molecule has 0 saturated heterocycles. The lowest BCUT2D eigenvalue weighted by Gasteiger charge is -2.13. The van der Waals surface area contributed by atoms with Crippen LogP contribution in [0, 0.1) is 0 Å². The van der Waals surface area contributed by atoms with E-state index in [9.17, 15) is 9.59 Å². The Hall–Kier alpha value is -4.86. The number of pyridine rings is 1. The van der Waals surface area contributed by atoms with Crippen LogP contribution < -0.4 is 25.4 Å². The minimum atomic E-state index is -0.377. The Labute approximate surface area is 201 Å². The van der Waals surface area contributed by atoms with Gasteiger partial charge < -0.3 is 25.4 Å². The SMILES string of the molecule is COc1ccc(NC(=O)Cn2cc(NC(=O)c3cccnc3Nc3ccccc3OC)cn2)cc1. The third-order valence-corrected chi connectivity index (χ3v) is 4.98. The summed E-state index contributed by atoms with van der Waals surface area (Å²) in [6.45, 7) is -0.0185. The second kappa shape index (κ2) is 10.8. The molecular weight excluding hydrogens is 448 g/mol. The quantitative estimate of drug-likeness (QED) is 0.338. The second-order valence-corrected chi connectivity index (χ2v) is 7.38. The van der Waals surface area contributed by atoms with E-state index in [1.54, 1.807) is 63.0 Å². The third kappa shape index (κ3) is 5.93. The maximum atomic E-state index is 13.0. The standard InChI is InChI=1S/C25H24N6O4/c1-34-19-11-9-17(10-12-19)28-23(32)16-31-15-18(14-27-31)29-25(33)20-6-5-13-26-24(20)30-21-7-3-4-8-22(21)35-2/h3-15H,16H2,1-2H3,(H,26,30)(H,28,32)(H,29,33). The topological polar surface area (TPSA) is 119 Å². The van der Waals surface area contributed by atoms with Gasteiger partial charge in [0.25, 0.3) is 5.91 Å². The molecule has 0 aliphatic heterocycles. The van der Waals surface area contributed by atoms with Crippen molar-refractivity contribution in [3.8, 4) is 11.5 Å². The number of rotatable bonds is 9. The van der Waals surface area contributed by atoms with Crippen molar-refractivity contribution in [2.45, 2.75) is 6.54 Å². The monoisotopic (exact) mass is 472 g/mol. The van der Waals surface area contributed by atoms with Crippen molar-refractivity contribution in [2.75, 3.05) is 30.2 Å². The maximum absolute atomic E-state index is 13.0. The van der Waals surface area contributed by atoms with Crippen LogP contribution in [0.2, 0.25) is 0 Å². The first kappa shape index (κ1) is 23.3. The zero-order chi connectivity index (χ0) is 24.6. The van der Waals surface area contributed by atoms with Crippen molar-refractivity contribution in [1.29, 1.82) is 0 Å². The van der Waals surface area contributed by atoms with Gasteiger partial charge in [-0.3, -0.25) is 14.3 Å². The van der Waals surface area contributed by atoms with Crippen LogP contribution in [0.1, 0.15) is 10.4 Å². The summed E-state index contributed by atoms with van der Waals surface area (Å²) < 4.78 is 11.9. The molecule has 10 heteroatoms. The van der Waals surface area contributed by atoms with Crippen molar-refractivity contribution >= 4 is 34.7 Å². The number of amides is 2. The first-order chi connectivity index (χ1) is 17.1. The van der Waals surface area contributed by atoms with Crippen molar-refractivity contribution < 1.29 is 19.1 Å². The Kier molecular flexibility index (Phi) is 7.22. The summed E-state index contributed by atoms with van der Waals surface area (Å²) in [4.78, 5) is 29.6. The highest BCUT2D eigenvalue weighted by Crippen LogP contribution is 2.28. The first-order valence-electron chi connectivity index (χ1n) is 10.7. The summed E-state index contributed by atoms with van der Waals surface area (Å²) in [7, 11) is 3.15. The Morgan fingerprint density at radius 2 is 1.71 bits per heavy atom. The van der Waals surface area contributed by atoms with E-state index in [0.717, 1.165) is 0 Å². The Balaban J connectivity index is 1.39. The number of ether oxygens (including phenoxy) is 2. The van der Waals surface area contributed by atoms with E-state index in [-0.39, 0.29) is 18.4 Å². The zero-order valence-corrected chi connectivity index (χ0v) is 19.2. The van der Waals surface area contributed by atoms with Gasteiger partial charge in [0, 0.05) is 18.1 Å². The molecule has 10 nitrogen and oxygen atoms in total. The largest absolute Gasteiger partial charge is 0.497 e.